The highest BCUT2D eigenvalue weighted by atomic mass is 35.5. The molecule has 0 aliphatic heterocycles. The lowest BCUT2D eigenvalue weighted by molar-refractivity contribution is 1.34. The van der Waals surface area contributed by atoms with Crippen molar-refractivity contribution in [3.8, 4) is 0 Å². The van der Waals surface area contributed by atoms with Gasteiger partial charge < -0.3 is 4.98 Å². The highest BCUT2D eigenvalue weighted by Crippen LogP contribution is 2.25. The van der Waals surface area contributed by atoms with Crippen LogP contribution in [0.15, 0.2) is 47.3 Å². The van der Waals surface area contributed by atoms with Gasteiger partial charge in [-0.2, -0.15) is 0 Å². The summed E-state index contributed by atoms with van der Waals surface area (Å²) in [5.74, 6) is 0. The fraction of sp³-hybridized carbons (Fsp3) is 0. The van der Waals surface area contributed by atoms with Gasteiger partial charge in [0, 0.05) is 10.8 Å². The zero-order chi connectivity index (χ0) is 11.1. The van der Waals surface area contributed by atoms with Crippen molar-refractivity contribution in [1.29, 1.82) is 0 Å². The molecule has 0 amide bonds. The Morgan fingerprint density at radius 2 is 1.56 bits per heavy atom. The minimum atomic E-state index is -0.101. The van der Waals surface area contributed by atoms with Crippen molar-refractivity contribution in [3.63, 3.8) is 0 Å². The Labute approximate surface area is 96.5 Å². The van der Waals surface area contributed by atoms with E-state index < -0.39 is 0 Å². The Morgan fingerprint density at radius 1 is 0.875 bits per heavy atom. The van der Waals surface area contributed by atoms with E-state index in [-0.39, 0.29) is 5.56 Å². The first-order chi connectivity index (χ1) is 7.77. The SMILES string of the molecule is O=c1[nH]c2c(Cl)cccc2c2ccccc12. The Balaban J connectivity index is 2.70. The molecule has 0 bridgehead atoms. The molecule has 0 unspecified atom stereocenters. The number of aromatic nitrogens is 1. The van der Waals surface area contributed by atoms with Gasteiger partial charge in [0.15, 0.2) is 0 Å². The summed E-state index contributed by atoms with van der Waals surface area (Å²) >= 11 is 6.06. The number of pyridine rings is 1. The molecule has 78 valence electrons. The number of hydrogen-bond donors (Lipinski definition) is 1. The van der Waals surface area contributed by atoms with Crippen molar-refractivity contribution < 1.29 is 0 Å². The Morgan fingerprint density at radius 3 is 2.38 bits per heavy atom. The van der Waals surface area contributed by atoms with Crippen LogP contribution in [0.1, 0.15) is 0 Å². The fourth-order valence-electron chi connectivity index (χ4n) is 1.97. The molecular weight excluding hydrogens is 222 g/mol. The summed E-state index contributed by atoms with van der Waals surface area (Å²) in [4.78, 5) is 14.6. The van der Waals surface area contributed by atoms with Crippen LogP contribution in [0.5, 0.6) is 0 Å². The topological polar surface area (TPSA) is 32.9 Å². The molecule has 1 N–H and O–H groups in total. The molecule has 3 rings (SSSR count). The molecule has 0 saturated heterocycles. The van der Waals surface area contributed by atoms with Crippen molar-refractivity contribution in [2.45, 2.75) is 0 Å². The molecule has 0 aliphatic rings. The van der Waals surface area contributed by atoms with Crippen molar-refractivity contribution >= 4 is 33.3 Å². The predicted molar refractivity (Wildman–Crippen MR) is 67.1 cm³/mol. The third-order valence-corrected chi connectivity index (χ3v) is 3.03. The highest BCUT2D eigenvalue weighted by molar-refractivity contribution is 6.35. The smallest absolute Gasteiger partial charge is 0.256 e. The standard InChI is InChI=1S/C13H8ClNO/c14-11-7-3-6-9-8-4-1-2-5-10(8)13(16)15-12(9)11/h1-7H,(H,15,16). The molecule has 1 heterocycles. The predicted octanol–water partition coefficient (Wildman–Crippen LogP) is 3.33. The number of nitrogens with one attached hydrogen (secondary N) is 1. The number of rotatable bonds is 0. The molecule has 3 heteroatoms. The minimum absolute atomic E-state index is 0.101. The van der Waals surface area contributed by atoms with Crippen LogP contribution in [0, 0.1) is 0 Å². The molecular formula is C13H8ClNO. The number of para-hydroxylation sites is 1. The lowest BCUT2D eigenvalue weighted by Crippen LogP contribution is -2.06. The van der Waals surface area contributed by atoms with Crippen molar-refractivity contribution in [3.05, 3.63) is 57.8 Å². The summed E-state index contributed by atoms with van der Waals surface area (Å²) in [6.07, 6.45) is 0. The molecule has 0 atom stereocenters. The summed E-state index contributed by atoms with van der Waals surface area (Å²) in [7, 11) is 0. The van der Waals surface area contributed by atoms with Gasteiger partial charge in [0.2, 0.25) is 0 Å². The van der Waals surface area contributed by atoms with Gasteiger partial charge in [-0.25, -0.2) is 0 Å². The van der Waals surface area contributed by atoms with Crippen LogP contribution in [0.4, 0.5) is 0 Å². The van der Waals surface area contributed by atoms with Crippen LogP contribution in [-0.4, -0.2) is 4.98 Å². The summed E-state index contributed by atoms with van der Waals surface area (Å²) in [5.41, 5.74) is 0.601. The van der Waals surface area contributed by atoms with Gasteiger partial charge >= 0.3 is 0 Å². The van der Waals surface area contributed by atoms with Gasteiger partial charge in [0.05, 0.1) is 10.5 Å². The number of halogens is 1. The van der Waals surface area contributed by atoms with E-state index in [0.717, 1.165) is 10.8 Å². The van der Waals surface area contributed by atoms with Crippen LogP contribution in [-0.2, 0) is 0 Å². The van der Waals surface area contributed by atoms with Crippen LogP contribution in [0.3, 0.4) is 0 Å². The van der Waals surface area contributed by atoms with E-state index >= 15 is 0 Å². The van der Waals surface area contributed by atoms with E-state index in [2.05, 4.69) is 4.98 Å². The van der Waals surface area contributed by atoms with Gasteiger partial charge in [0.1, 0.15) is 0 Å². The second-order valence-electron chi connectivity index (χ2n) is 3.66. The number of aromatic amines is 1. The maximum atomic E-state index is 11.8. The van der Waals surface area contributed by atoms with Crippen LogP contribution in [0.2, 0.25) is 5.02 Å². The van der Waals surface area contributed by atoms with Crippen molar-refractivity contribution in [2.24, 2.45) is 0 Å². The molecule has 0 aliphatic carbocycles. The van der Waals surface area contributed by atoms with E-state index in [4.69, 9.17) is 11.6 Å². The number of fused-ring (bicyclic) bond motifs is 3. The summed E-state index contributed by atoms with van der Waals surface area (Å²) in [5, 5.41) is 3.17. The molecule has 0 saturated carbocycles. The first-order valence-corrected chi connectivity index (χ1v) is 5.34. The van der Waals surface area contributed by atoms with Gasteiger partial charge in [-0.05, 0) is 17.5 Å². The summed E-state index contributed by atoms with van der Waals surface area (Å²) in [6.45, 7) is 0. The van der Waals surface area contributed by atoms with Gasteiger partial charge in [-0.15, -0.1) is 0 Å². The van der Waals surface area contributed by atoms with Crippen LogP contribution >= 0.6 is 11.6 Å². The zero-order valence-corrected chi connectivity index (χ0v) is 9.08. The number of H-pyrrole nitrogens is 1. The van der Waals surface area contributed by atoms with E-state index in [1.807, 2.05) is 36.4 Å². The third-order valence-electron chi connectivity index (χ3n) is 2.71. The lowest BCUT2D eigenvalue weighted by Gasteiger charge is -2.04. The molecule has 0 spiro atoms. The van der Waals surface area contributed by atoms with E-state index in [1.165, 1.54) is 0 Å². The quantitative estimate of drug-likeness (QED) is 0.590. The fourth-order valence-corrected chi connectivity index (χ4v) is 2.19. The van der Waals surface area contributed by atoms with Gasteiger partial charge in [-0.3, -0.25) is 4.79 Å². The average Bonchev–Trinajstić information content (AvgIpc) is 2.31. The van der Waals surface area contributed by atoms with Crippen molar-refractivity contribution in [1.82, 2.24) is 4.98 Å². The van der Waals surface area contributed by atoms with E-state index in [1.54, 1.807) is 6.07 Å². The van der Waals surface area contributed by atoms with Crippen molar-refractivity contribution in [2.75, 3.05) is 0 Å². The molecule has 0 radical (unpaired) electrons. The minimum Gasteiger partial charge on any atom is -0.320 e. The van der Waals surface area contributed by atoms with Crippen LogP contribution in [0.25, 0.3) is 21.7 Å². The molecule has 0 fully saturated rings. The molecule has 2 nitrogen and oxygen atoms in total. The second-order valence-corrected chi connectivity index (χ2v) is 4.07. The number of hydrogen-bond acceptors (Lipinski definition) is 1. The summed E-state index contributed by atoms with van der Waals surface area (Å²) < 4.78 is 0. The van der Waals surface area contributed by atoms with E-state index in [9.17, 15) is 4.79 Å². The molecule has 16 heavy (non-hydrogen) atoms. The maximum absolute atomic E-state index is 11.8. The second kappa shape index (κ2) is 3.35. The average molecular weight is 230 g/mol. The Hall–Kier alpha value is -1.80. The zero-order valence-electron chi connectivity index (χ0n) is 8.33. The molecule has 3 aromatic rings. The third kappa shape index (κ3) is 1.24. The number of benzene rings is 2. The lowest BCUT2D eigenvalue weighted by atomic mass is 10.1. The van der Waals surface area contributed by atoms with Gasteiger partial charge in [-0.1, -0.05) is 41.9 Å². The Bertz CT molecular complexity index is 746. The first-order valence-electron chi connectivity index (χ1n) is 4.96. The van der Waals surface area contributed by atoms with Gasteiger partial charge in [0.25, 0.3) is 5.56 Å². The molecule has 2 aromatic carbocycles. The monoisotopic (exact) mass is 229 g/mol. The Kier molecular flexibility index (Phi) is 1.98. The van der Waals surface area contributed by atoms with Crippen LogP contribution < -0.4 is 5.56 Å². The largest absolute Gasteiger partial charge is 0.320 e. The normalized spacial score (nSPS) is 11.1. The highest BCUT2D eigenvalue weighted by Gasteiger charge is 2.05. The first kappa shape index (κ1) is 9.43. The maximum Gasteiger partial charge on any atom is 0.256 e. The summed E-state index contributed by atoms with van der Waals surface area (Å²) in [6, 6.07) is 13.1. The molecule has 1 aromatic heterocycles. The van der Waals surface area contributed by atoms with E-state index in [0.29, 0.717) is 15.9 Å².